The minimum atomic E-state index is -0.221. The molecule has 6 nitrogen and oxygen atoms in total. The Balaban J connectivity index is 1.78. The van der Waals surface area contributed by atoms with Crippen LogP contribution in [0.2, 0.25) is 0 Å². The van der Waals surface area contributed by atoms with E-state index in [0.29, 0.717) is 19.7 Å². The number of fused-ring (bicyclic) bond motifs is 1. The molecule has 0 saturated carbocycles. The molecule has 0 aliphatic carbocycles. The molecular weight excluding hydrogens is 288 g/mol. The maximum absolute atomic E-state index is 11.5. The molecule has 1 aliphatic heterocycles. The third kappa shape index (κ3) is 2.78. The van der Waals surface area contributed by atoms with E-state index >= 15 is 0 Å². The first kappa shape index (κ1) is 14.1. The molecule has 1 amide bonds. The molecule has 1 fully saturated rings. The highest BCUT2D eigenvalue weighted by Crippen LogP contribution is 2.27. The second-order valence-electron chi connectivity index (χ2n) is 4.98. The first-order valence-corrected chi connectivity index (χ1v) is 7.94. The zero-order chi connectivity index (χ0) is 14.8. The van der Waals surface area contributed by atoms with Crippen LogP contribution in [-0.4, -0.2) is 54.2 Å². The maximum Gasteiger partial charge on any atom is 0.409 e. The zero-order valence-corrected chi connectivity index (χ0v) is 13.0. The third-order valence-corrected chi connectivity index (χ3v) is 4.39. The van der Waals surface area contributed by atoms with E-state index in [9.17, 15) is 4.79 Å². The Morgan fingerprint density at radius 1 is 1.48 bits per heavy atom. The first-order chi connectivity index (χ1) is 10.2. The van der Waals surface area contributed by atoms with Gasteiger partial charge in [0.1, 0.15) is 23.1 Å². The van der Waals surface area contributed by atoms with Gasteiger partial charge in [-0.05, 0) is 11.4 Å². The van der Waals surface area contributed by atoms with E-state index in [4.69, 9.17) is 4.74 Å². The van der Waals surface area contributed by atoms with E-state index in [0.717, 1.165) is 34.8 Å². The number of amides is 1. The quantitative estimate of drug-likeness (QED) is 0.847. The van der Waals surface area contributed by atoms with Crippen LogP contribution < -0.4 is 4.90 Å². The average molecular weight is 306 g/mol. The zero-order valence-electron chi connectivity index (χ0n) is 12.2. The minimum Gasteiger partial charge on any atom is -0.448 e. The molecule has 7 heteroatoms. The van der Waals surface area contributed by atoms with Gasteiger partial charge in [-0.1, -0.05) is 6.92 Å². The Hall–Kier alpha value is -1.89. The summed E-state index contributed by atoms with van der Waals surface area (Å²) < 4.78 is 4.94. The molecule has 112 valence electrons. The smallest absolute Gasteiger partial charge is 0.409 e. The highest BCUT2D eigenvalue weighted by Gasteiger charge is 2.22. The van der Waals surface area contributed by atoms with Crippen molar-refractivity contribution >= 4 is 33.5 Å². The number of thiophene rings is 1. The number of anilines is 1. The monoisotopic (exact) mass is 306 g/mol. The van der Waals surface area contributed by atoms with Crippen molar-refractivity contribution in [2.45, 2.75) is 13.3 Å². The number of likely N-dealkylation sites (N-methyl/N-ethyl adjacent to an activating group) is 1. The summed E-state index contributed by atoms with van der Waals surface area (Å²) in [6.45, 7) is 4.58. The molecule has 3 rings (SSSR count). The number of hydrogen-bond acceptors (Lipinski definition) is 6. The molecule has 0 aromatic carbocycles. The summed E-state index contributed by atoms with van der Waals surface area (Å²) in [5.74, 6) is 1.79. The fourth-order valence-electron chi connectivity index (χ4n) is 2.34. The number of hydrogen-bond donors (Lipinski definition) is 0. The average Bonchev–Trinajstić information content (AvgIpc) is 3.12. The van der Waals surface area contributed by atoms with Gasteiger partial charge < -0.3 is 14.5 Å². The van der Waals surface area contributed by atoms with Gasteiger partial charge in [-0.25, -0.2) is 14.8 Å². The van der Waals surface area contributed by atoms with Crippen molar-refractivity contribution in [3.63, 3.8) is 0 Å². The molecule has 21 heavy (non-hydrogen) atoms. The Labute approximate surface area is 127 Å². The lowest BCUT2D eigenvalue weighted by Gasteiger charge is -2.22. The minimum absolute atomic E-state index is 0.221. The lowest BCUT2D eigenvalue weighted by Crippen LogP contribution is -2.34. The van der Waals surface area contributed by atoms with Gasteiger partial charge in [-0.2, -0.15) is 0 Å². The fourth-order valence-corrected chi connectivity index (χ4v) is 3.11. The van der Waals surface area contributed by atoms with Crippen LogP contribution in [0.5, 0.6) is 0 Å². The molecule has 1 aliphatic rings. The number of carbonyl (C=O) groups is 1. The lowest BCUT2D eigenvalue weighted by atomic mass is 10.3. The lowest BCUT2D eigenvalue weighted by molar-refractivity contribution is 0.159. The van der Waals surface area contributed by atoms with Crippen molar-refractivity contribution in [2.24, 2.45) is 0 Å². The number of carbonyl (C=O) groups excluding carboxylic acids is 1. The van der Waals surface area contributed by atoms with Crippen LogP contribution in [0.25, 0.3) is 10.2 Å². The fraction of sp³-hybridized carbons (Fsp3) is 0.500. The van der Waals surface area contributed by atoms with Crippen molar-refractivity contribution < 1.29 is 9.53 Å². The van der Waals surface area contributed by atoms with Crippen LogP contribution in [-0.2, 0) is 11.2 Å². The third-order valence-electron chi connectivity index (χ3n) is 3.58. The summed E-state index contributed by atoms with van der Waals surface area (Å²) in [5.41, 5.74) is 0. The predicted octanol–water partition coefficient (Wildman–Crippen LogP) is 2.14. The predicted molar refractivity (Wildman–Crippen MR) is 83.0 cm³/mol. The molecule has 2 aromatic rings. The first-order valence-electron chi connectivity index (χ1n) is 7.06. The van der Waals surface area contributed by atoms with E-state index in [1.54, 1.807) is 16.2 Å². The van der Waals surface area contributed by atoms with Gasteiger partial charge in [-0.15, -0.1) is 11.3 Å². The number of ether oxygens (including phenoxy) is 1. The second-order valence-corrected chi connectivity index (χ2v) is 5.87. The van der Waals surface area contributed by atoms with Crippen molar-refractivity contribution in [1.29, 1.82) is 0 Å². The topological polar surface area (TPSA) is 58.6 Å². The number of rotatable bonds is 5. The summed E-state index contributed by atoms with van der Waals surface area (Å²) in [7, 11) is 2.00. The molecule has 3 heterocycles. The highest BCUT2D eigenvalue weighted by molar-refractivity contribution is 7.16. The van der Waals surface area contributed by atoms with E-state index in [1.807, 2.05) is 12.4 Å². The van der Waals surface area contributed by atoms with Gasteiger partial charge in [0.15, 0.2) is 0 Å². The number of aryl methyl sites for hydroxylation is 1. The molecular formula is C14H18N4O2S. The SMILES string of the molecule is CCc1nc(N(C)CCN2CCOC2=O)c2ccsc2n1. The van der Waals surface area contributed by atoms with E-state index in [-0.39, 0.29) is 6.09 Å². The summed E-state index contributed by atoms with van der Waals surface area (Å²) in [5, 5.41) is 3.11. The number of cyclic esters (lactones) is 1. The molecule has 0 N–H and O–H groups in total. The largest absolute Gasteiger partial charge is 0.448 e. The molecule has 0 bridgehead atoms. The van der Waals surface area contributed by atoms with Crippen molar-refractivity contribution in [3.8, 4) is 0 Å². The highest BCUT2D eigenvalue weighted by atomic mass is 32.1. The Morgan fingerprint density at radius 3 is 3.05 bits per heavy atom. The molecule has 2 aromatic heterocycles. The van der Waals surface area contributed by atoms with Crippen LogP contribution in [0.1, 0.15) is 12.7 Å². The van der Waals surface area contributed by atoms with Crippen LogP contribution in [0, 0.1) is 0 Å². The number of nitrogens with zero attached hydrogens (tertiary/aromatic N) is 4. The van der Waals surface area contributed by atoms with Gasteiger partial charge in [-0.3, -0.25) is 0 Å². The van der Waals surface area contributed by atoms with Gasteiger partial charge in [0.25, 0.3) is 0 Å². The Kier molecular flexibility index (Phi) is 3.92. The summed E-state index contributed by atoms with van der Waals surface area (Å²) >= 11 is 1.63. The summed E-state index contributed by atoms with van der Waals surface area (Å²) in [6, 6.07) is 2.05. The van der Waals surface area contributed by atoms with Gasteiger partial charge >= 0.3 is 6.09 Å². The van der Waals surface area contributed by atoms with Gasteiger partial charge in [0.05, 0.1) is 11.9 Å². The van der Waals surface area contributed by atoms with E-state index in [1.165, 1.54) is 0 Å². The summed E-state index contributed by atoms with van der Waals surface area (Å²) in [6.07, 6.45) is 0.591. The van der Waals surface area contributed by atoms with Crippen LogP contribution in [0.4, 0.5) is 10.6 Å². The molecule has 0 atom stereocenters. The van der Waals surface area contributed by atoms with Gasteiger partial charge in [0, 0.05) is 26.6 Å². The molecule has 1 saturated heterocycles. The number of aromatic nitrogens is 2. The summed E-state index contributed by atoms with van der Waals surface area (Å²) in [4.78, 5) is 25.5. The Morgan fingerprint density at radius 2 is 2.33 bits per heavy atom. The van der Waals surface area contributed by atoms with Crippen molar-refractivity contribution in [2.75, 3.05) is 38.2 Å². The van der Waals surface area contributed by atoms with E-state index < -0.39 is 0 Å². The van der Waals surface area contributed by atoms with Crippen LogP contribution in [0.15, 0.2) is 11.4 Å². The Bertz CT molecular complexity index is 657. The molecule has 0 unspecified atom stereocenters. The van der Waals surface area contributed by atoms with Gasteiger partial charge in [0.2, 0.25) is 0 Å². The van der Waals surface area contributed by atoms with E-state index in [2.05, 4.69) is 27.9 Å². The van der Waals surface area contributed by atoms with Crippen molar-refractivity contribution in [3.05, 3.63) is 17.3 Å². The normalized spacial score (nSPS) is 14.8. The maximum atomic E-state index is 11.5. The standard InChI is InChI=1S/C14H18N4O2S/c1-3-11-15-12(10-4-9-21-13(10)16-11)17(2)5-6-18-7-8-20-14(18)19/h4,9H,3,5-8H2,1-2H3. The van der Waals surface area contributed by atoms with Crippen LogP contribution >= 0.6 is 11.3 Å². The molecule has 0 radical (unpaired) electrons. The van der Waals surface area contributed by atoms with Crippen molar-refractivity contribution in [1.82, 2.24) is 14.9 Å². The molecule has 0 spiro atoms. The second kappa shape index (κ2) is 5.85. The van der Waals surface area contributed by atoms with Crippen LogP contribution in [0.3, 0.4) is 0 Å².